The average molecular weight is 315 g/mol. The molecule has 0 aliphatic carbocycles. The van der Waals surface area contributed by atoms with Gasteiger partial charge in [-0.25, -0.2) is 0 Å². The van der Waals surface area contributed by atoms with E-state index in [-0.39, 0.29) is 5.54 Å². The van der Waals surface area contributed by atoms with E-state index in [1.165, 1.54) is 24.8 Å². The summed E-state index contributed by atoms with van der Waals surface area (Å²) in [7, 11) is 0. The van der Waals surface area contributed by atoms with Gasteiger partial charge in [-0.15, -0.1) is 10.2 Å². The summed E-state index contributed by atoms with van der Waals surface area (Å²) in [5.41, 5.74) is 2.33. The molecule has 1 aliphatic rings. The van der Waals surface area contributed by atoms with E-state index in [0.717, 1.165) is 31.2 Å². The molecular formula is C17H25N5O. The average Bonchev–Trinajstić information content (AvgIpc) is 3.08. The Morgan fingerprint density at radius 3 is 2.87 bits per heavy atom. The maximum Gasteiger partial charge on any atom is 0.204 e. The van der Waals surface area contributed by atoms with Crippen LogP contribution >= 0.6 is 0 Å². The van der Waals surface area contributed by atoms with Crippen molar-refractivity contribution < 1.29 is 4.74 Å². The number of nitrogens with one attached hydrogen (secondary N) is 2. The number of tetrazole rings is 1. The van der Waals surface area contributed by atoms with Crippen molar-refractivity contribution in [3.8, 4) is 11.4 Å². The Balaban J connectivity index is 1.57. The number of benzene rings is 1. The van der Waals surface area contributed by atoms with E-state index < -0.39 is 0 Å². The lowest BCUT2D eigenvalue weighted by Gasteiger charge is -2.33. The molecule has 0 unspecified atom stereocenters. The standard InChI is InChI=1S/C17H25N5O/c1-17(2,11-13-6-8-23-9-7-13)18-12-14-4-3-5-15(10-14)16-19-21-22-20-16/h3-5,10,13,18H,6-9,11-12H2,1-2H3,(H,19,20,21,22). The summed E-state index contributed by atoms with van der Waals surface area (Å²) in [6.45, 7) is 7.22. The zero-order valence-electron chi connectivity index (χ0n) is 13.9. The molecule has 1 aliphatic heterocycles. The number of hydrogen-bond donors (Lipinski definition) is 2. The summed E-state index contributed by atoms with van der Waals surface area (Å²) in [6.07, 6.45) is 3.54. The number of H-pyrrole nitrogens is 1. The molecule has 23 heavy (non-hydrogen) atoms. The summed E-state index contributed by atoms with van der Waals surface area (Å²) in [4.78, 5) is 0. The second-order valence-corrected chi connectivity index (χ2v) is 6.93. The normalized spacial score (nSPS) is 16.6. The molecule has 1 fully saturated rings. The predicted molar refractivity (Wildman–Crippen MR) is 88.7 cm³/mol. The molecule has 1 aromatic heterocycles. The minimum absolute atomic E-state index is 0.115. The molecule has 2 N–H and O–H groups in total. The van der Waals surface area contributed by atoms with Crippen LogP contribution in [0.4, 0.5) is 0 Å². The first kappa shape index (κ1) is 16.1. The zero-order valence-corrected chi connectivity index (χ0v) is 13.9. The van der Waals surface area contributed by atoms with Crippen LogP contribution in [0.15, 0.2) is 24.3 Å². The molecule has 2 aromatic rings. The molecule has 6 heteroatoms. The maximum atomic E-state index is 5.45. The van der Waals surface area contributed by atoms with Gasteiger partial charge in [-0.3, -0.25) is 0 Å². The molecule has 1 saturated heterocycles. The third kappa shape index (κ3) is 4.59. The van der Waals surface area contributed by atoms with Gasteiger partial charge in [0, 0.05) is 30.9 Å². The van der Waals surface area contributed by atoms with E-state index in [4.69, 9.17) is 4.74 Å². The van der Waals surface area contributed by atoms with E-state index >= 15 is 0 Å². The molecule has 3 rings (SSSR count). The Morgan fingerprint density at radius 1 is 1.30 bits per heavy atom. The van der Waals surface area contributed by atoms with Crippen molar-refractivity contribution in [3.05, 3.63) is 29.8 Å². The topological polar surface area (TPSA) is 75.7 Å². The highest BCUT2D eigenvalue weighted by Gasteiger charge is 2.24. The van der Waals surface area contributed by atoms with Gasteiger partial charge in [0.2, 0.25) is 5.82 Å². The highest BCUT2D eigenvalue weighted by molar-refractivity contribution is 5.54. The van der Waals surface area contributed by atoms with Gasteiger partial charge in [-0.05, 0) is 55.9 Å². The van der Waals surface area contributed by atoms with Crippen LogP contribution in [0.5, 0.6) is 0 Å². The summed E-state index contributed by atoms with van der Waals surface area (Å²) < 4.78 is 5.45. The van der Waals surface area contributed by atoms with Gasteiger partial charge < -0.3 is 10.1 Å². The minimum Gasteiger partial charge on any atom is -0.381 e. The Labute approximate surface area is 137 Å². The molecular weight excluding hydrogens is 290 g/mol. The minimum atomic E-state index is 0.115. The Morgan fingerprint density at radius 2 is 2.13 bits per heavy atom. The van der Waals surface area contributed by atoms with Crippen LogP contribution in [-0.2, 0) is 11.3 Å². The van der Waals surface area contributed by atoms with Gasteiger partial charge >= 0.3 is 0 Å². The van der Waals surface area contributed by atoms with Crippen LogP contribution in [-0.4, -0.2) is 39.4 Å². The smallest absolute Gasteiger partial charge is 0.204 e. The van der Waals surface area contributed by atoms with Gasteiger partial charge in [0.1, 0.15) is 0 Å². The van der Waals surface area contributed by atoms with E-state index in [0.29, 0.717) is 5.82 Å². The molecule has 6 nitrogen and oxygen atoms in total. The summed E-state index contributed by atoms with van der Waals surface area (Å²) in [6, 6.07) is 8.28. The van der Waals surface area contributed by atoms with Crippen LogP contribution in [0.1, 0.15) is 38.7 Å². The van der Waals surface area contributed by atoms with Gasteiger partial charge in [-0.1, -0.05) is 18.2 Å². The molecule has 0 atom stereocenters. The number of aromatic amines is 1. The number of hydrogen-bond acceptors (Lipinski definition) is 5. The lowest BCUT2D eigenvalue weighted by Crippen LogP contribution is -2.41. The van der Waals surface area contributed by atoms with Gasteiger partial charge in [0.25, 0.3) is 0 Å². The van der Waals surface area contributed by atoms with Crippen molar-refractivity contribution in [2.75, 3.05) is 13.2 Å². The highest BCUT2D eigenvalue weighted by atomic mass is 16.5. The third-order valence-electron chi connectivity index (χ3n) is 4.44. The number of rotatable bonds is 6. The van der Waals surface area contributed by atoms with Gasteiger partial charge in [0.15, 0.2) is 0 Å². The molecule has 0 spiro atoms. The number of aromatic nitrogens is 4. The van der Waals surface area contributed by atoms with Crippen LogP contribution in [0.25, 0.3) is 11.4 Å². The van der Waals surface area contributed by atoms with Crippen LogP contribution < -0.4 is 5.32 Å². The summed E-state index contributed by atoms with van der Waals surface area (Å²) >= 11 is 0. The Kier molecular flexibility index (Phi) is 5.03. The lowest BCUT2D eigenvalue weighted by atomic mass is 9.86. The predicted octanol–water partition coefficient (Wildman–Crippen LogP) is 2.55. The van der Waals surface area contributed by atoms with Crippen molar-refractivity contribution in [2.45, 2.75) is 45.2 Å². The zero-order chi connectivity index (χ0) is 16.1. The van der Waals surface area contributed by atoms with Crippen molar-refractivity contribution in [1.82, 2.24) is 25.9 Å². The molecule has 124 valence electrons. The van der Waals surface area contributed by atoms with Crippen LogP contribution in [0, 0.1) is 5.92 Å². The summed E-state index contributed by atoms with van der Waals surface area (Å²) in [5.74, 6) is 1.39. The lowest BCUT2D eigenvalue weighted by molar-refractivity contribution is 0.0555. The first-order valence-electron chi connectivity index (χ1n) is 8.28. The Bertz CT molecular complexity index is 605. The largest absolute Gasteiger partial charge is 0.381 e. The van der Waals surface area contributed by atoms with Crippen molar-refractivity contribution in [1.29, 1.82) is 0 Å². The monoisotopic (exact) mass is 315 g/mol. The maximum absolute atomic E-state index is 5.45. The van der Waals surface area contributed by atoms with Crippen molar-refractivity contribution in [2.24, 2.45) is 5.92 Å². The fourth-order valence-electron chi connectivity index (χ4n) is 3.19. The fourth-order valence-corrected chi connectivity index (χ4v) is 3.19. The molecule has 0 amide bonds. The third-order valence-corrected chi connectivity index (χ3v) is 4.44. The second kappa shape index (κ2) is 7.19. The first-order valence-corrected chi connectivity index (χ1v) is 8.28. The molecule has 0 bridgehead atoms. The van der Waals surface area contributed by atoms with Crippen molar-refractivity contribution >= 4 is 0 Å². The molecule has 1 aromatic carbocycles. The van der Waals surface area contributed by atoms with E-state index in [1.807, 2.05) is 12.1 Å². The van der Waals surface area contributed by atoms with Gasteiger partial charge in [-0.2, -0.15) is 5.21 Å². The summed E-state index contributed by atoms with van der Waals surface area (Å²) in [5, 5.41) is 17.9. The number of nitrogens with zero attached hydrogens (tertiary/aromatic N) is 3. The quantitative estimate of drug-likeness (QED) is 0.857. The first-order chi connectivity index (χ1) is 11.1. The number of ether oxygens (including phenoxy) is 1. The van der Waals surface area contributed by atoms with E-state index in [9.17, 15) is 0 Å². The van der Waals surface area contributed by atoms with E-state index in [2.05, 4.69) is 51.9 Å². The fraction of sp³-hybridized carbons (Fsp3) is 0.588. The molecule has 0 radical (unpaired) electrons. The Hall–Kier alpha value is -1.79. The van der Waals surface area contributed by atoms with E-state index in [1.54, 1.807) is 0 Å². The second-order valence-electron chi connectivity index (χ2n) is 6.93. The molecule has 0 saturated carbocycles. The van der Waals surface area contributed by atoms with Crippen LogP contribution in [0.3, 0.4) is 0 Å². The van der Waals surface area contributed by atoms with Gasteiger partial charge in [0.05, 0.1) is 0 Å². The highest BCUT2D eigenvalue weighted by Crippen LogP contribution is 2.25. The van der Waals surface area contributed by atoms with Crippen molar-refractivity contribution in [3.63, 3.8) is 0 Å². The SMILES string of the molecule is CC(C)(CC1CCOCC1)NCc1cccc(-c2nn[nH]n2)c1. The van der Waals surface area contributed by atoms with Crippen LogP contribution in [0.2, 0.25) is 0 Å². The molecule has 2 heterocycles.